The lowest BCUT2D eigenvalue weighted by Crippen LogP contribution is -2.51. The number of benzene rings is 1. The molecule has 1 aromatic carbocycles. The van der Waals surface area contributed by atoms with E-state index in [1.165, 1.54) is 20.6 Å². The highest BCUT2D eigenvalue weighted by Crippen LogP contribution is 2.24. The molecule has 3 N–H and O–H groups in total. The summed E-state index contributed by atoms with van der Waals surface area (Å²) in [7, 11) is 3.02. The molecule has 1 aromatic rings. The Morgan fingerprint density at radius 2 is 1.52 bits per heavy atom. The van der Waals surface area contributed by atoms with Crippen LogP contribution in [0.1, 0.15) is 56.3 Å². The molecular formula is C23H35N3O5. The summed E-state index contributed by atoms with van der Waals surface area (Å²) in [6, 6.07) is 4.14. The molecule has 0 radical (unpaired) electrons. The first-order valence-corrected chi connectivity index (χ1v) is 10.9. The van der Waals surface area contributed by atoms with Gasteiger partial charge in [0.2, 0.25) is 11.8 Å². The third kappa shape index (κ3) is 7.45. The van der Waals surface area contributed by atoms with Crippen LogP contribution in [-0.4, -0.2) is 51.1 Å². The Kier molecular flexibility index (Phi) is 9.62. The first kappa shape index (κ1) is 24.5. The van der Waals surface area contributed by atoms with E-state index in [2.05, 4.69) is 16.0 Å². The molecule has 0 bridgehead atoms. The number of carbonyl (C=O) groups is 3. The topological polar surface area (TPSA) is 106 Å². The molecule has 1 unspecified atom stereocenters. The van der Waals surface area contributed by atoms with E-state index in [1.54, 1.807) is 18.2 Å². The molecule has 0 aromatic heterocycles. The first-order chi connectivity index (χ1) is 14.8. The molecule has 172 valence electrons. The van der Waals surface area contributed by atoms with Gasteiger partial charge in [-0.15, -0.1) is 0 Å². The lowest BCUT2D eigenvalue weighted by atomic mass is 9.89. The number of amides is 3. The van der Waals surface area contributed by atoms with Gasteiger partial charge in [-0.05, 0) is 30.9 Å². The summed E-state index contributed by atoms with van der Waals surface area (Å²) >= 11 is 0. The van der Waals surface area contributed by atoms with Crippen LogP contribution in [0.3, 0.4) is 0 Å². The summed E-state index contributed by atoms with van der Waals surface area (Å²) in [6.45, 7) is 4.40. The molecule has 0 spiro atoms. The molecule has 0 saturated heterocycles. The van der Waals surface area contributed by atoms with Crippen molar-refractivity contribution < 1.29 is 23.9 Å². The van der Waals surface area contributed by atoms with Crippen molar-refractivity contribution in [2.45, 2.75) is 52.0 Å². The molecule has 2 rings (SSSR count). The predicted octanol–water partition coefficient (Wildman–Crippen LogP) is 2.27. The van der Waals surface area contributed by atoms with E-state index < -0.39 is 11.9 Å². The Morgan fingerprint density at radius 3 is 2.06 bits per heavy atom. The highest BCUT2D eigenvalue weighted by atomic mass is 16.5. The van der Waals surface area contributed by atoms with Crippen molar-refractivity contribution in [3.8, 4) is 11.5 Å². The fourth-order valence-corrected chi connectivity index (χ4v) is 3.69. The normalized spacial score (nSPS) is 15.1. The number of nitrogens with one attached hydrogen (secondary N) is 3. The average Bonchev–Trinajstić information content (AvgIpc) is 2.79. The fourth-order valence-electron chi connectivity index (χ4n) is 3.69. The SMILES string of the molecule is COc1cc(OC)cc(C(=O)NC(C(=O)NCCNC(=O)C2CCCCC2)C(C)C)c1. The molecule has 1 fully saturated rings. The van der Waals surface area contributed by atoms with Gasteiger partial charge in [-0.1, -0.05) is 33.1 Å². The summed E-state index contributed by atoms with van der Waals surface area (Å²) in [4.78, 5) is 37.6. The highest BCUT2D eigenvalue weighted by Gasteiger charge is 2.25. The van der Waals surface area contributed by atoms with Crippen LogP contribution in [0.15, 0.2) is 18.2 Å². The summed E-state index contributed by atoms with van der Waals surface area (Å²) in [6.07, 6.45) is 5.28. The van der Waals surface area contributed by atoms with Gasteiger partial charge in [-0.3, -0.25) is 14.4 Å². The molecule has 1 saturated carbocycles. The second kappa shape index (κ2) is 12.2. The zero-order valence-corrected chi connectivity index (χ0v) is 19.0. The number of carbonyl (C=O) groups excluding carboxylic acids is 3. The molecule has 8 heteroatoms. The minimum Gasteiger partial charge on any atom is -0.497 e. The Morgan fingerprint density at radius 1 is 0.935 bits per heavy atom. The van der Waals surface area contributed by atoms with Gasteiger partial charge in [-0.2, -0.15) is 0 Å². The average molecular weight is 434 g/mol. The number of rotatable bonds is 10. The maximum atomic E-state index is 12.7. The minimum atomic E-state index is -0.709. The standard InChI is InChI=1S/C23H35N3O5/c1-15(2)20(26-22(28)17-12-18(30-3)14-19(13-17)31-4)23(29)25-11-10-24-21(27)16-8-6-5-7-9-16/h12-16,20H,5-11H2,1-4H3,(H,24,27)(H,25,29)(H,26,28). The van der Waals surface area contributed by atoms with Crippen LogP contribution in [0.25, 0.3) is 0 Å². The molecule has 8 nitrogen and oxygen atoms in total. The first-order valence-electron chi connectivity index (χ1n) is 10.9. The van der Waals surface area contributed by atoms with Gasteiger partial charge in [-0.25, -0.2) is 0 Å². The van der Waals surface area contributed by atoms with Gasteiger partial charge in [0.1, 0.15) is 17.5 Å². The molecule has 3 amide bonds. The van der Waals surface area contributed by atoms with Crippen molar-refractivity contribution in [1.82, 2.24) is 16.0 Å². The van der Waals surface area contributed by atoms with Crippen LogP contribution in [0.2, 0.25) is 0 Å². The van der Waals surface area contributed by atoms with E-state index in [1.807, 2.05) is 13.8 Å². The van der Waals surface area contributed by atoms with E-state index in [0.717, 1.165) is 25.7 Å². The van der Waals surface area contributed by atoms with Crippen molar-refractivity contribution in [3.63, 3.8) is 0 Å². The van der Waals surface area contributed by atoms with Gasteiger partial charge >= 0.3 is 0 Å². The maximum Gasteiger partial charge on any atom is 0.252 e. The van der Waals surface area contributed by atoms with Gasteiger partial charge in [0.15, 0.2) is 0 Å². The van der Waals surface area contributed by atoms with Crippen molar-refractivity contribution in [2.75, 3.05) is 27.3 Å². The molecule has 1 atom stereocenters. The van der Waals surface area contributed by atoms with Crippen LogP contribution >= 0.6 is 0 Å². The van der Waals surface area contributed by atoms with Crippen molar-refractivity contribution in [2.24, 2.45) is 11.8 Å². The van der Waals surface area contributed by atoms with E-state index in [0.29, 0.717) is 30.2 Å². The monoisotopic (exact) mass is 433 g/mol. The molecule has 0 heterocycles. The number of methoxy groups -OCH3 is 2. The fraction of sp³-hybridized carbons (Fsp3) is 0.609. The highest BCUT2D eigenvalue weighted by molar-refractivity contribution is 5.98. The molecule has 1 aliphatic carbocycles. The van der Waals surface area contributed by atoms with Crippen LogP contribution in [-0.2, 0) is 9.59 Å². The zero-order valence-electron chi connectivity index (χ0n) is 19.0. The van der Waals surface area contributed by atoms with Crippen molar-refractivity contribution in [3.05, 3.63) is 23.8 Å². The van der Waals surface area contributed by atoms with E-state index >= 15 is 0 Å². The van der Waals surface area contributed by atoms with E-state index in [4.69, 9.17) is 9.47 Å². The smallest absolute Gasteiger partial charge is 0.252 e. The number of hydrogen-bond acceptors (Lipinski definition) is 5. The minimum absolute atomic E-state index is 0.0645. The van der Waals surface area contributed by atoms with E-state index in [-0.39, 0.29) is 23.7 Å². The van der Waals surface area contributed by atoms with Gasteiger partial charge < -0.3 is 25.4 Å². The Labute approximate surface area is 184 Å². The number of hydrogen-bond donors (Lipinski definition) is 3. The van der Waals surface area contributed by atoms with Crippen molar-refractivity contribution >= 4 is 17.7 Å². The van der Waals surface area contributed by atoms with Crippen LogP contribution in [0.5, 0.6) is 11.5 Å². The Hall–Kier alpha value is -2.77. The van der Waals surface area contributed by atoms with E-state index in [9.17, 15) is 14.4 Å². The third-order valence-electron chi connectivity index (χ3n) is 5.55. The van der Waals surface area contributed by atoms with Gasteiger partial charge in [0.05, 0.1) is 14.2 Å². The summed E-state index contributed by atoms with van der Waals surface area (Å²) < 4.78 is 10.4. The molecule has 1 aliphatic rings. The summed E-state index contributed by atoms with van der Waals surface area (Å²) in [5.74, 6) is 0.337. The summed E-state index contributed by atoms with van der Waals surface area (Å²) in [5.41, 5.74) is 0.342. The van der Waals surface area contributed by atoms with Gasteiger partial charge in [0, 0.05) is 30.6 Å². The molecule has 31 heavy (non-hydrogen) atoms. The lowest BCUT2D eigenvalue weighted by Gasteiger charge is -2.23. The quantitative estimate of drug-likeness (QED) is 0.491. The Balaban J connectivity index is 1.87. The predicted molar refractivity (Wildman–Crippen MR) is 118 cm³/mol. The zero-order chi connectivity index (χ0) is 22.8. The molecule has 0 aliphatic heterocycles. The Bertz CT molecular complexity index is 737. The second-order valence-electron chi connectivity index (χ2n) is 8.21. The van der Waals surface area contributed by atoms with Gasteiger partial charge in [0.25, 0.3) is 5.91 Å². The van der Waals surface area contributed by atoms with Crippen LogP contribution in [0.4, 0.5) is 0 Å². The summed E-state index contributed by atoms with van der Waals surface area (Å²) in [5, 5.41) is 8.49. The van der Waals surface area contributed by atoms with Crippen LogP contribution < -0.4 is 25.4 Å². The molecular weight excluding hydrogens is 398 g/mol. The largest absolute Gasteiger partial charge is 0.497 e. The second-order valence-corrected chi connectivity index (χ2v) is 8.21. The third-order valence-corrected chi connectivity index (χ3v) is 5.55. The lowest BCUT2D eigenvalue weighted by molar-refractivity contribution is -0.127. The number of ether oxygens (including phenoxy) is 2. The van der Waals surface area contributed by atoms with Crippen molar-refractivity contribution in [1.29, 1.82) is 0 Å². The van der Waals surface area contributed by atoms with Crippen LogP contribution in [0, 0.1) is 11.8 Å². The maximum absolute atomic E-state index is 12.7.